The second-order valence-electron chi connectivity index (χ2n) is 8.82. The van der Waals surface area contributed by atoms with Gasteiger partial charge in [-0.3, -0.25) is 9.88 Å². The Morgan fingerprint density at radius 2 is 1.59 bits per heavy atom. The normalized spacial score (nSPS) is 14.4. The number of benzene rings is 3. The van der Waals surface area contributed by atoms with E-state index in [-0.39, 0.29) is 0 Å². The van der Waals surface area contributed by atoms with Crippen LogP contribution in [0.3, 0.4) is 0 Å². The average molecular weight is 453 g/mol. The van der Waals surface area contributed by atoms with Crippen molar-refractivity contribution in [3.8, 4) is 16.9 Å². The summed E-state index contributed by atoms with van der Waals surface area (Å²) in [6.07, 6.45) is 3.09. The maximum absolute atomic E-state index is 5.30. The van der Waals surface area contributed by atoms with Gasteiger partial charge in [0.1, 0.15) is 5.75 Å². The fraction of sp³-hybridized carbons (Fsp3) is 0.276. The number of methoxy groups -OCH3 is 1. The summed E-state index contributed by atoms with van der Waals surface area (Å²) in [5.74, 6) is 0.861. The standard InChI is InChI=1S/C29H32N4O/c1-3-16-32-17-19-33(20-18-32)25-9-7-24(8-10-25)31-29-14-15-30-28-13-6-23(21-27(28)29)22-4-11-26(34-2)12-5-22/h4-15,21H,3,16-20H2,1-2H3,(H,30,31). The highest BCUT2D eigenvalue weighted by Gasteiger charge is 2.16. The van der Waals surface area contributed by atoms with E-state index in [1.165, 1.54) is 18.7 Å². The van der Waals surface area contributed by atoms with E-state index in [1.54, 1.807) is 7.11 Å². The van der Waals surface area contributed by atoms with E-state index < -0.39 is 0 Å². The molecule has 0 atom stereocenters. The zero-order valence-electron chi connectivity index (χ0n) is 20.0. The van der Waals surface area contributed by atoms with Crippen LogP contribution >= 0.6 is 0 Å². The molecule has 1 fully saturated rings. The number of ether oxygens (including phenoxy) is 1. The quantitative estimate of drug-likeness (QED) is 0.362. The maximum atomic E-state index is 5.30. The van der Waals surface area contributed by atoms with Crippen LogP contribution in [0.1, 0.15) is 13.3 Å². The summed E-state index contributed by atoms with van der Waals surface area (Å²) in [7, 11) is 1.69. The number of anilines is 3. The molecule has 0 amide bonds. The summed E-state index contributed by atoms with van der Waals surface area (Å²) < 4.78 is 5.30. The maximum Gasteiger partial charge on any atom is 0.118 e. The molecular formula is C29H32N4O. The third kappa shape index (κ3) is 4.85. The number of rotatable bonds is 7. The van der Waals surface area contributed by atoms with Gasteiger partial charge in [0.05, 0.1) is 12.6 Å². The van der Waals surface area contributed by atoms with Crippen LogP contribution in [0.5, 0.6) is 5.75 Å². The van der Waals surface area contributed by atoms with Crippen molar-refractivity contribution in [1.82, 2.24) is 9.88 Å². The molecule has 0 aliphatic carbocycles. The lowest BCUT2D eigenvalue weighted by Crippen LogP contribution is -2.46. The Bertz CT molecular complexity index is 1230. The van der Waals surface area contributed by atoms with E-state index in [2.05, 4.69) is 81.6 Å². The van der Waals surface area contributed by atoms with Crippen LogP contribution in [-0.4, -0.2) is 49.7 Å². The molecule has 1 aromatic heterocycles. The van der Waals surface area contributed by atoms with Gasteiger partial charge < -0.3 is 15.0 Å². The average Bonchev–Trinajstić information content (AvgIpc) is 2.90. The van der Waals surface area contributed by atoms with Crippen LogP contribution < -0.4 is 15.0 Å². The monoisotopic (exact) mass is 452 g/mol. The first-order chi connectivity index (χ1) is 16.7. The molecule has 0 saturated carbocycles. The van der Waals surface area contributed by atoms with E-state index in [0.717, 1.165) is 65.3 Å². The summed E-state index contributed by atoms with van der Waals surface area (Å²) in [6.45, 7) is 7.94. The summed E-state index contributed by atoms with van der Waals surface area (Å²) in [4.78, 5) is 9.61. The Morgan fingerprint density at radius 1 is 0.853 bits per heavy atom. The van der Waals surface area contributed by atoms with Crippen molar-refractivity contribution in [2.75, 3.05) is 50.1 Å². The van der Waals surface area contributed by atoms with Gasteiger partial charge in [-0.1, -0.05) is 25.1 Å². The van der Waals surface area contributed by atoms with Gasteiger partial charge in [0.25, 0.3) is 0 Å². The summed E-state index contributed by atoms with van der Waals surface area (Å²) in [5.41, 5.74) is 6.72. The fourth-order valence-corrected chi connectivity index (χ4v) is 4.68. The third-order valence-electron chi connectivity index (χ3n) is 6.59. The van der Waals surface area contributed by atoms with Crippen LogP contribution in [-0.2, 0) is 0 Å². The van der Waals surface area contributed by atoms with Crippen molar-refractivity contribution in [3.05, 3.63) is 79.0 Å². The second kappa shape index (κ2) is 10.1. The highest BCUT2D eigenvalue weighted by Crippen LogP contribution is 2.31. The highest BCUT2D eigenvalue weighted by atomic mass is 16.5. The van der Waals surface area contributed by atoms with Crippen LogP contribution in [0.25, 0.3) is 22.0 Å². The Kier molecular flexibility index (Phi) is 6.63. The molecule has 0 bridgehead atoms. The summed E-state index contributed by atoms with van der Waals surface area (Å²) in [5, 5.41) is 4.71. The van der Waals surface area contributed by atoms with Crippen molar-refractivity contribution >= 4 is 28.0 Å². The third-order valence-corrected chi connectivity index (χ3v) is 6.59. The zero-order valence-corrected chi connectivity index (χ0v) is 20.0. The lowest BCUT2D eigenvalue weighted by Gasteiger charge is -2.36. The van der Waals surface area contributed by atoms with Crippen molar-refractivity contribution in [1.29, 1.82) is 0 Å². The number of hydrogen-bond acceptors (Lipinski definition) is 5. The molecule has 174 valence electrons. The smallest absolute Gasteiger partial charge is 0.118 e. The van der Waals surface area contributed by atoms with Crippen molar-refractivity contribution in [2.45, 2.75) is 13.3 Å². The molecule has 2 heterocycles. The van der Waals surface area contributed by atoms with Crippen molar-refractivity contribution in [3.63, 3.8) is 0 Å². The Labute approximate surface area is 202 Å². The van der Waals surface area contributed by atoms with Crippen molar-refractivity contribution < 1.29 is 4.74 Å². The van der Waals surface area contributed by atoms with Gasteiger partial charge in [-0.2, -0.15) is 0 Å². The molecule has 1 aliphatic rings. The molecule has 34 heavy (non-hydrogen) atoms. The minimum atomic E-state index is 0.861. The van der Waals surface area contributed by atoms with Crippen LogP contribution in [0.15, 0.2) is 79.0 Å². The van der Waals surface area contributed by atoms with Crippen LogP contribution in [0, 0.1) is 0 Å². The molecule has 5 nitrogen and oxygen atoms in total. The molecule has 0 spiro atoms. The van der Waals surface area contributed by atoms with E-state index in [4.69, 9.17) is 4.74 Å². The Morgan fingerprint density at radius 3 is 2.29 bits per heavy atom. The Hall–Kier alpha value is -3.57. The highest BCUT2D eigenvalue weighted by molar-refractivity contribution is 5.95. The molecular weight excluding hydrogens is 420 g/mol. The van der Waals surface area contributed by atoms with Crippen molar-refractivity contribution in [2.24, 2.45) is 0 Å². The first-order valence-electron chi connectivity index (χ1n) is 12.1. The number of pyridine rings is 1. The largest absolute Gasteiger partial charge is 0.497 e. The molecule has 5 heteroatoms. The summed E-state index contributed by atoms with van der Waals surface area (Å²) in [6, 6.07) is 25.4. The van der Waals surface area contributed by atoms with E-state index >= 15 is 0 Å². The van der Waals surface area contributed by atoms with Gasteiger partial charge in [0.2, 0.25) is 0 Å². The van der Waals surface area contributed by atoms with Gasteiger partial charge in [-0.25, -0.2) is 0 Å². The number of aromatic nitrogens is 1. The topological polar surface area (TPSA) is 40.6 Å². The summed E-state index contributed by atoms with van der Waals surface area (Å²) >= 11 is 0. The van der Waals surface area contributed by atoms with Gasteiger partial charge in [0, 0.05) is 54.8 Å². The van der Waals surface area contributed by atoms with Crippen LogP contribution in [0.4, 0.5) is 17.1 Å². The minimum Gasteiger partial charge on any atom is -0.497 e. The molecule has 0 unspecified atom stereocenters. The minimum absolute atomic E-state index is 0.861. The number of nitrogens with one attached hydrogen (secondary N) is 1. The fourth-order valence-electron chi connectivity index (χ4n) is 4.68. The molecule has 5 rings (SSSR count). The zero-order chi connectivity index (χ0) is 23.3. The Balaban J connectivity index is 1.34. The number of hydrogen-bond donors (Lipinski definition) is 1. The molecule has 1 aliphatic heterocycles. The first-order valence-corrected chi connectivity index (χ1v) is 12.1. The van der Waals surface area contributed by atoms with Gasteiger partial charge >= 0.3 is 0 Å². The number of nitrogens with zero attached hydrogens (tertiary/aromatic N) is 3. The predicted molar refractivity (Wildman–Crippen MR) is 142 cm³/mol. The van der Waals surface area contributed by atoms with Gasteiger partial charge in [-0.05, 0) is 78.7 Å². The molecule has 4 aromatic rings. The molecule has 1 N–H and O–H groups in total. The number of piperazine rings is 1. The second-order valence-corrected chi connectivity index (χ2v) is 8.82. The van der Waals surface area contributed by atoms with Gasteiger partial charge in [0.15, 0.2) is 0 Å². The molecule has 0 radical (unpaired) electrons. The first kappa shape index (κ1) is 22.2. The molecule has 1 saturated heterocycles. The van der Waals surface area contributed by atoms with E-state index in [1.807, 2.05) is 24.4 Å². The SMILES string of the molecule is CCCN1CCN(c2ccc(Nc3ccnc4ccc(-c5ccc(OC)cc5)cc34)cc2)CC1. The van der Waals surface area contributed by atoms with E-state index in [0.29, 0.717) is 0 Å². The van der Waals surface area contributed by atoms with E-state index in [9.17, 15) is 0 Å². The van der Waals surface area contributed by atoms with Gasteiger partial charge in [-0.15, -0.1) is 0 Å². The lowest BCUT2D eigenvalue weighted by atomic mass is 10.0. The number of fused-ring (bicyclic) bond motifs is 1. The lowest BCUT2D eigenvalue weighted by molar-refractivity contribution is 0.258. The van der Waals surface area contributed by atoms with Crippen LogP contribution in [0.2, 0.25) is 0 Å². The predicted octanol–water partition coefficient (Wildman–Crippen LogP) is 6.19. The molecule has 3 aromatic carbocycles.